The molecule has 29 heteroatoms. The van der Waals surface area contributed by atoms with E-state index in [1.165, 1.54) is 38.2 Å². The summed E-state index contributed by atoms with van der Waals surface area (Å²) in [7, 11) is 2.97. The number of fused-ring (bicyclic) bond motifs is 4. The summed E-state index contributed by atoms with van der Waals surface area (Å²) in [5.41, 5.74) is 3.95. The van der Waals surface area contributed by atoms with E-state index in [4.69, 9.17) is 61.6 Å². The zero-order valence-electron chi connectivity index (χ0n) is 58.8. The topological polar surface area (TPSA) is 330 Å². The summed E-state index contributed by atoms with van der Waals surface area (Å²) >= 11 is 0. The van der Waals surface area contributed by atoms with Gasteiger partial charge in [0.25, 0.3) is 11.8 Å². The fourth-order valence-corrected chi connectivity index (χ4v) is 10.9. The van der Waals surface area contributed by atoms with Gasteiger partial charge in [-0.2, -0.15) is 0 Å². The van der Waals surface area contributed by atoms with E-state index in [1.807, 2.05) is 20.0 Å². The number of ether oxygens (including phenoxy) is 13. The fraction of sp³-hybridized carbons (Fsp3) is 0.577. The largest absolute Gasteiger partial charge is 0.493 e. The quantitative estimate of drug-likeness (QED) is 0.0382. The fourth-order valence-electron chi connectivity index (χ4n) is 10.9. The number of carbonyl (C=O) groups is 7. The Morgan fingerprint density at radius 1 is 0.590 bits per heavy atom. The van der Waals surface area contributed by atoms with Crippen LogP contribution in [0.15, 0.2) is 77.1 Å². The number of rotatable bonds is 46. The van der Waals surface area contributed by atoms with Crippen molar-refractivity contribution < 1.29 is 100 Å². The van der Waals surface area contributed by atoms with Crippen molar-refractivity contribution in [2.45, 2.75) is 123 Å². The van der Waals surface area contributed by atoms with E-state index in [2.05, 4.69) is 26.3 Å². The van der Waals surface area contributed by atoms with Gasteiger partial charge in [-0.1, -0.05) is 44.1 Å². The van der Waals surface area contributed by atoms with Crippen molar-refractivity contribution >= 4 is 64.8 Å². The van der Waals surface area contributed by atoms with Crippen LogP contribution >= 0.6 is 0 Å². The standard InChI is InChI=1S/C71H100N8O21/c1-9-63(80)72-18-22-91-24-26-93-28-30-95-32-34-97-36-35-96-33-31-94-29-27-92-25-23-90-21-17-64(81)76-65(47(2)3)67(83)74-50(6)66(82)75-52-15-13-51(14-16-52)46-100-71(87)79-57-42-62(60(89-8)40-55(57)69(85)78-45-49(5)38-58(78)70(79)86)99-20-12-10-11-19-98-61-41-56-54(39-59(61)88-7)68(84)77-44-48(4)37-53(77)43-73-56/h13-16,39-45,47,50,53,58,65,70,86H,9-12,17-38,46H2,1-8H3,(H,72,80)(H,74,83)(H,75,82)(H,76,81)/t50?,53?,58?,65-,70?/m0/s1. The van der Waals surface area contributed by atoms with E-state index in [-0.39, 0.29) is 79.4 Å². The van der Waals surface area contributed by atoms with Gasteiger partial charge in [0.2, 0.25) is 23.6 Å². The maximum atomic E-state index is 14.3. The second kappa shape index (κ2) is 42.1. The van der Waals surface area contributed by atoms with Gasteiger partial charge in [0.15, 0.2) is 29.2 Å². The molecule has 0 aliphatic carbocycles. The molecule has 5 N–H and O–H groups in total. The Bertz CT molecular complexity index is 3260. The maximum Gasteiger partial charge on any atom is 0.416 e. The maximum absolute atomic E-state index is 14.3. The molecule has 4 heterocycles. The molecule has 550 valence electrons. The highest BCUT2D eigenvalue weighted by molar-refractivity contribution is 6.07. The zero-order valence-corrected chi connectivity index (χ0v) is 58.8. The summed E-state index contributed by atoms with van der Waals surface area (Å²) in [6, 6.07) is 9.99. The molecule has 4 aliphatic rings. The first-order chi connectivity index (χ1) is 48.4. The number of methoxy groups -OCH3 is 2. The van der Waals surface area contributed by atoms with Crippen LogP contribution in [-0.2, 0) is 68.4 Å². The van der Waals surface area contributed by atoms with Crippen molar-refractivity contribution in [3.63, 3.8) is 0 Å². The SMILES string of the molecule is CCC(=O)NCCOCCOCCOCCOCCOCCOCCOCCOCCC(=O)N[C@H](C(=O)NC(C)C(=O)Nc1ccc(COC(=O)N2c3cc(OCCCCCOc4cc5c(cc4OC)C(=O)N4C=C(C)CC4C=N5)c(OC)cc3C(=O)N3C=C(C)CC3C2O)cc1)C(C)C. The number of aliphatic hydroxyl groups is 1. The van der Waals surface area contributed by atoms with Gasteiger partial charge in [-0.25, -0.2) is 9.69 Å². The summed E-state index contributed by atoms with van der Waals surface area (Å²) in [6.07, 6.45) is 6.27. The number of carbonyl (C=O) groups excluding carboxylic acids is 7. The average Bonchev–Trinajstić information content (AvgIpc) is 1.59. The van der Waals surface area contributed by atoms with Crippen molar-refractivity contribution in [3.05, 3.63) is 88.8 Å². The summed E-state index contributed by atoms with van der Waals surface area (Å²) in [5, 5.41) is 22.9. The highest BCUT2D eigenvalue weighted by Gasteiger charge is 2.45. The normalized spacial score (nSPS) is 16.7. The van der Waals surface area contributed by atoms with Crippen molar-refractivity contribution in [2.24, 2.45) is 10.9 Å². The Kier molecular flexibility index (Phi) is 33.3. The smallest absolute Gasteiger partial charge is 0.416 e. The molecule has 0 bridgehead atoms. The number of aliphatic hydroxyl groups excluding tert-OH is 1. The molecule has 3 aromatic carbocycles. The first kappa shape index (κ1) is 79.1. The van der Waals surface area contributed by atoms with E-state index in [9.17, 15) is 38.7 Å². The van der Waals surface area contributed by atoms with Gasteiger partial charge in [0.05, 0.1) is 168 Å². The van der Waals surface area contributed by atoms with Gasteiger partial charge in [-0.3, -0.25) is 33.8 Å². The van der Waals surface area contributed by atoms with Gasteiger partial charge in [0.1, 0.15) is 18.7 Å². The first-order valence-corrected chi connectivity index (χ1v) is 34.2. The molecule has 0 radical (unpaired) electrons. The van der Waals surface area contributed by atoms with Gasteiger partial charge in [0, 0.05) is 55.8 Å². The van der Waals surface area contributed by atoms with E-state index in [1.54, 1.807) is 74.5 Å². The monoisotopic (exact) mass is 1400 g/mol. The van der Waals surface area contributed by atoms with Crippen LogP contribution in [0.5, 0.6) is 23.0 Å². The summed E-state index contributed by atoms with van der Waals surface area (Å²) in [4.78, 5) is 101. The van der Waals surface area contributed by atoms with E-state index in [0.29, 0.717) is 172 Å². The van der Waals surface area contributed by atoms with E-state index >= 15 is 0 Å². The highest BCUT2D eigenvalue weighted by atomic mass is 16.6. The summed E-state index contributed by atoms with van der Waals surface area (Å²) < 4.78 is 73.5. The number of hydrogen-bond donors (Lipinski definition) is 5. The van der Waals surface area contributed by atoms with Gasteiger partial charge < -0.3 is 97.8 Å². The zero-order chi connectivity index (χ0) is 71.8. The summed E-state index contributed by atoms with van der Waals surface area (Å²) in [5.74, 6) is -1.01. The van der Waals surface area contributed by atoms with Crippen LogP contribution in [0, 0.1) is 5.92 Å². The van der Waals surface area contributed by atoms with Crippen molar-refractivity contribution in [3.8, 4) is 23.0 Å². The molecule has 29 nitrogen and oxygen atoms in total. The molecule has 0 spiro atoms. The van der Waals surface area contributed by atoms with Crippen LogP contribution in [0.3, 0.4) is 0 Å². The van der Waals surface area contributed by atoms with Crippen LogP contribution < -0.4 is 45.1 Å². The molecular formula is C71H100N8O21. The van der Waals surface area contributed by atoms with Crippen molar-refractivity contribution in [1.29, 1.82) is 0 Å². The van der Waals surface area contributed by atoms with Crippen LogP contribution in [0.25, 0.3) is 0 Å². The lowest BCUT2D eigenvalue weighted by molar-refractivity contribution is -0.132. The third-order valence-electron chi connectivity index (χ3n) is 16.3. The lowest BCUT2D eigenvalue weighted by atomic mass is 10.0. The molecule has 4 unspecified atom stereocenters. The molecule has 0 fully saturated rings. The Balaban J connectivity index is 0.757. The Morgan fingerprint density at radius 2 is 1.11 bits per heavy atom. The third-order valence-corrected chi connectivity index (χ3v) is 16.3. The number of anilines is 2. The van der Waals surface area contributed by atoms with Crippen molar-refractivity contribution in [1.82, 2.24) is 25.8 Å². The van der Waals surface area contributed by atoms with E-state index < -0.39 is 54.1 Å². The Labute approximate surface area is 584 Å². The molecule has 5 atom stereocenters. The first-order valence-electron chi connectivity index (χ1n) is 34.2. The predicted molar refractivity (Wildman–Crippen MR) is 368 cm³/mol. The Hall–Kier alpha value is -8.26. The lowest BCUT2D eigenvalue weighted by Crippen LogP contribution is -2.53. The van der Waals surface area contributed by atoms with Crippen molar-refractivity contribution in [2.75, 3.05) is 150 Å². The molecule has 0 saturated heterocycles. The summed E-state index contributed by atoms with van der Waals surface area (Å²) in [6.45, 7) is 17.7. The predicted octanol–water partition coefficient (Wildman–Crippen LogP) is 6.39. The van der Waals surface area contributed by atoms with Crippen LogP contribution in [0.1, 0.15) is 113 Å². The number of nitrogens with zero attached hydrogens (tertiary/aromatic N) is 4. The van der Waals surface area contributed by atoms with Gasteiger partial charge in [-0.15, -0.1) is 0 Å². The van der Waals surface area contributed by atoms with Crippen LogP contribution in [-0.4, -0.2) is 233 Å². The number of benzene rings is 3. The highest BCUT2D eigenvalue weighted by Crippen LogP contribution is 2.43. The Morgan fingerprint density at radius 3 is 1.67 bits per heavy atom. The number of unbranched alkanes of at least 4 members (excludes halogenated alkanes) is 2. The average molecular weight is 1400 g/mol. The van der Waals surface area contributed by atoms with Gasteiger partial charge in [-0.05, 0) is 88.6 Å². The second-order valence-electron chi connectivity index (χ2n) is 24.4. The number of aliphatic imine (C=N–C) groups is 1. The molecule has 4 aliphatic heterocycles. The molecule has 100 heavy (non-hydrogen) atoms. The van der Waals surface area contributed by atoms with Crippen LogP contribution in [0.2, 0.25) is 0 Å². The number of hydrogen-bond acceptors (Lipinski definition) is 22. The number of amides is 7. The van der Waals surface area contributed by atoms with Gasteiger partial charge >= 0.3 is 6.09 Å². The molecule has 7 amide bonds. The third kappa shape index (κ3) is 24.5. The molecule has 0 aromatic heterocycles. The lowest BCUT2D eigenvalue weighted by Gasteiger charge is -2.31. The minimum atomic E-state index is -1.52. The molecule has 3 aromatic rings. The van der Waals surface area contributed by atoms with E-state index in [0.717, 1.165) is 22.5 Å². The molecule has 7 rings (SSSR count). The number of nitrogens with one attached hydrogen (secondary N) is 4. The second-order valence-corrected chi connectivity index (χ2v) is 24.4. The minimum absolute atomic E-state index is 0.00132. The van der Waals surface area contributed by atoms with Crippen LogP contribution in [0.4, 0.5) is 21.9 Å². The minimum Gasteiger partial charge on any atom is -0.493 e. The molecule has 0 saturated carbocycles. The molecular weight excluding hydrogens is 1300 g/mol.